The van der Waals surface area contributed by atoms with Gasteiger partial charge in [0.2, 0.25) is 0 Å². The van der Waals surface area contributed by atoms with Crippen molar-refractivity contribution < 1.29 is 5.11 Å². The largest absolute Gasteiger partial charge is 0.507 e. The first-order chi connectivity index (χ1) is 33.5. The molecule has 1 N–H and O–H groups in total. The number of thiophene rings is 1. The van der Waals surface area contributed by atoms with E-state index in [0.29, 0.717) is 5.82 Å². The third-order valence-corrected chi connectivity index (χ3v) is 18.0. The van der Waals surface area contributed by atoms with Crippen LogP contribution in [0.15, 0.2) is 121 Å². The third kappa shape index (κ3) is 9.30. The summed E-state index contributed by atoms with van der Waals surface area (Å²) in [6.07, 6.45) is 2.20. The molecule has 72 heavy (non-hydrogen) atoms. The lowest BCUT2D eigenvalue weighted by Gasteiger charge is -2.28. The Morgan fingerprint density at radius 1 is 0.556 bits per heavy atom. The van der Waals surface area contributed by atoms with Crippen LogP contribution in [0.4, 0.5) is 0 Å². The Balaban J connectivity index is 1.36. The molecule has 0 spiro atoms. The Morgan fingerprint density at radius 2 is 1.18 bits per heavy atom. The summed E-state index contributed by atoms with van der Waals surface area (Å²) >= 11 is 1.89. The van der Waals surface area contributed by atoms with Crippen molar-refractivity contribution in [3.63, 3.8) is 0 Å². The van der Waals surface area contributed by atoms with Crippen molar-refractivity contribution in [3.8, 4) is 66.8 Å². The average molecular weight is 986 g/mol. The summed E-state index contributed by atoms with van der Waals surface area (Å²) < 4.78 is 3.58. The lowest BCUT2D eigenvalue weighted by Crippen LogP contribution is -2.38. The normalized spacial score (nSPS) is 12.9. The molecule has 0 aliphatic heterocycles. The first-order valence-corrected chi connectivity index (χ1v) is 30.1. The highest BCUT2D eigenvalue weighted by atomic mass is 32.1. The number of phenols is 1. The third-order valence-electron chi connectivity index (χ3n) is 14.6. The maximum atomic E-state index is 12.7. The molecule has 370 valence electrons. The van der Waals surface area contributed by atoms with Gasteiger partial charge in [0.1, 0.15) is 11.6 Å². The van der Waals surface area contributed by atoms with E-state index in [1.165, 1.54) is 48.0 Å². The molecule has 0 aliphatic carbocycles. The number of para-hydroxylation sites is 1. The zero-order valence-electron chi connectivity index (χ0n) is 46.2. The predicted molar refractivity (Wildman–Crippen MR) is 315 cm³/mol. The number of rotatable bonds is 7. The van der Waals surface area contributed by atoms with Crippen molar-refractivity contribution in [1.29, 1.82) is 0 Å². The van der Waals surface area contributed by atoms with E-state index in [2.05, 4.69) is 250 Å². The predicted octanol–water partition coefficient (Wildman–Crippen LogP) is 18.3. The number of aromatic hydroxyl groups is 1. The van der Waals surface area contributed by atoms with Crippen molar-refractivity contribution in [1.82, 2.24) is 14.5 Å². The summed E-state index contributed by atoms with van der Waals surface area (Å²) in [5.41, 5.74) is 19.0. The number of fused-ring (bicyclic) bond motifs is 2. The van der Waals surface area contributed by atoms with Crippen molar-refractivity contribution >= 4 is 45.7 Å². The second-order valence-corrected chi connectivity index (χ2v) is 31.7. The van der Waals surface area contributed by atoms with Crippen LogP contribution in [0.2, 0.25) is 19.6 Å². The van der Waals surface area contributed by atoms with E-state index >= 15 is 0 Å². The van der Waals surface area contributed by atoms with Gasteiger partial charge in [-0.2, -0.15) is 0 Å². The molecule has 0 aliphatic rings. The number of imidazole rings is 1. The Morgan fingerprint density at radius 3 is 1.79 bits per heavy atom. The van der Waals surface area contributed by atoms with Crippen LogP contribution in [-0.4, -0.2) is 27.7 Å². The topological polar surface area (TPSA) is 50.9 Å². The zero-order valence-corrected chi connectivity index (χ0v) is 48.1. The first kappa shape index (κ1) is 50.8. The smallest absolute Gasteiger partial charge is 0.149 e. The van der Waals surface area contributed by atoms with Crippen molar-refractivity contribution in [2.75, 3.05) is 0 Å². The number of aryl methyl sites for hydroxylation is 3. The van der Waals surface area contributed by atoms with Crippen LogP contribution < -0.4 is 5.19 Å². The molecule has 0 atom stereocenters. The minimum Gasteiger partial charge on any atom is -0.507 e. The maximum Gasteiger partial charge on any atom is 0.149 e. The fourth-order valence-corrected chi connectivity index (χ4v) is 13.4. The Kier molecular flexibility index (Phi) is 12.6. The van der Waals surface area contributed by atoms with Crippen molar-refractivity contribution in [2.45, 2.75) is 145 Å². The lowest BCUT2D eigenvalue weighted by atomic mass is 9.79. The van der Waals surface area contributed by atoms with Gasteiger partial charge in [0, 0.05) is 33.3 Å². The molecule has 3 heterocycles. The standard InChI is InChI=1S/C66H75N3OSSi/c1-39-31-40(2)58(50(32-39)42-23-20-19-21-24-42)69-53-26-22-25-49(57(53)68-62(69)51-36-48(65(10,11)12)37-52(59(51)70)66(13,14)15)44-33-45(35-47(34-44)64(7,8)9)56-61-55(54(38-67-56)72(16,17)18)41(3)60(71-61)43-27-29-46(30-28-43)63(4,5)6/h19-38,70H,1-18H3. The van der Waals surface area contributed by atoms with Crippen LogP contribution in [-0.2, 0) is 21.7 Å². The van der Waals surface area contributed by atoms with Gasteiger partial charge in [-0.15, -0.1) is 11.3 Å². The molecule has 0 fully saturated rings. The molecule has 9 aromatic rings. The second kappa shape index (κ2) is 17.8. The van der Waals surface area contributed by atoms with Crippen LogP contribution in [0.1, 0.15) is 122 Å². The van der Waals surface area contributed by atoms with Crippen LogP contribution in [0.5, 0.6) is 5.75 Å². The molecule has 0 bridgehead atoms. The minimum atomic E-state index is -1.82. The summed E-state index contributed by atoms with van der Waals surface area (Å²) in [4.78, 5) is 12.6. The number of hydrogen-bond acceptors (Lipinski definition) is 4. The molecule has 0 radical (unpaired) electrons. The number of hydrogen-bond donors (Lipinski definition) is 1. The van der Waals surface area contributed by atoms with Gasteiger partial charge in [-0.05, 0) is 128 Å². The van der Waals surface area contributed by atoms with E-state index in [4.69, 9.17) is 9.97 Å². The lowest BCUT2D eigenvalue weighted by molar-refractivity contribution is 0.446. The summed E-state index contributed by atoms with van der Waals surface area (Å²) in [7, 11) is -1.82. The van der Waals surface area contributed by atoms with Gasteiger partial charge in [-0.1, -0.05) is 193 Å². The monoisotopic (exact) mass is 986 g/mol. The number of phenolic OH excluding ortho intramolecular Hbond substituents is 1. The fraction of sp³-hybridized carbons (Fsp3) is 0.333. The van der Waals surface area contributed by atoms with E-state index in [1.54, 1.807) is 0 Å². The highest BCUT2D eigenvalue weighted by Crippen LogP contribution is 2.48. The van der Waals surface area contributed by atoms with Gasteiger partial charge < -0.3 is 5.11 Å². The van der Waals surface area contributed by atoms with Gasteiger partial charge in [0.25, 0.3) is 0 Å². The maximum absolute atomic E-state index is 12.7. The minimum absolute atomic E-state index is 0.0786. The molecule has 4 nitrogen and oxygen atoms in total. The quantitative estimate of drug-likeness (QED) is 0.162. The Hall–Kier alpha value is -6.08. The Bertz CT molecular complexity index is 3560. The molecule has 0 unspecified atom stereocenters. The number of aromatic nitrogens is 3. The van der Waals surface area contributed by atoms with E-state index in [-0.39, 0.29) is 27.4 Å². The van der Waals surface area contributed by atoms with Gasteiger partial charge in [-0.25, -0.2) is 4.98 Å². The second-order valence-electron chi connectivity index (χ2n) is 25.6. The van der Waals surface area contributed by atoms with Crippen LogP contribution >= 0.6 is 11.3 Å². The molecule has 0 amide bonds. The molecule has 6 heteroatoms. The van der Waals surface area contributed by atoms with Gasteiger partial charge in [0.15, 0.2) is 0 Å². The summed E-state index contributed by atoms with van der Waals surface area (Å²) in [5.74, 6) is 0.981. The van der Waals surface area contributed by atoms with Crippen LogP contribution in [0.25, 0.3) is 82.1 Å². The first-order valence-electron chi connectivity index (χ1n) is 25.8. The molecule has 9 rings (SSSR count). The molecule has 6 aromatic carbocycles. The molecule has 0 saturated heterocycles. The molecular formula is C66H75N3OSSi. The summed E-state index contributed by atoms with van der Waals surface area (Å²) in [5, 5.41) is 15.4. The molecule has 3 aromatic heterocycles. The van der Waals surface area contributed by atoms with E-state index in [1.807, 2.05) is 11.3 Å². The van der Waals surface area contributed by atoms with E-state index in [0.717, 1.165) is 72.5 Å². The number of benzene rings is 6. The van der Waals surface area contributed by atoms with Crippen molar-refractivity contribution in [3.05, 3.63) is 160 Å². The highest BCUT2D eigenvalue weighted by Gasteiger charge is 2.31. The van der Waals surface area contributed by atoms with Gasteiger partial charge >= 0.3 is 0 Å². The average Bonchev–Trinajstić information content (AvgIpc) is 3.85. The molecular weight excluding hydrogens is 911 g/mol. The fourth-order valence-electron chi connectivity index (χ4n) is 10.4. The molecule has 0 saturated carbocycles. The summed E-state index contributed by atoms with van der Waals surface area (Å²) in [6.45, 7) is 41.1. The van der Waals surface area contributed by atoms with E-state index in [9.17, 15) is 5.11 Å². The SMILES string of the molecule is Cc1cc(C)c(-n2c(-c3cc(C(C)(C)C)cc(C(C)(C)C)c3O)nc3c(-c4cc(-c5ncc([Si](C)(C)C)c6c(C)c(-c7ccc(C(C)(C)C)cc7)sc56)cc(C(C)(C)C)c4)cccc32)c(-c2ccccc2)c1. The highest BCUT2D eigenvalue weighted by molar-refractivity contribution is 7.23. The van der Waals surface area contributed by atoms with Gasteiger partial charge in [-0.3, -0.25) is 9.55 Å². The number of nitrogens with zero attached hydrogens (tertiary/aromatic N) is 3. The zero-order chi connectivity index (χ0) is 52.2. The van der Waals surface area contributed by atoms with Crippen LogP contribution in [0.3, 0.4) is 0 Å². The van der Waals surface area contributed by atoms with E-state index < -0.39 is 8.07 Å². The Labute approximate surface area is 435 Å². The summed E-state index contributed by atoms with van der Waals surface area (Å²) in [6, 6.07) is 42.6. The van der Waals surface area contributed by atoms with Crippen LogP contribution in [0, 0.1) is 20.8 Å². The number of pyridine rings is 1. The van der Waals surface area contributed by atoms with Gasteiger partial charge in [0.05, 0.1) is 40.8 Å². The van der Waals surface area contributed by atoms with Crippen molar-refractivity contribution in [2.24, 2.45) is 0 Å².